The summed E-state index contributed by atoms with van der Waals surface area (Å²) in [5, 5.41) is 7.03. The highest BCUT2D eigenvalue weighted by molar-refractivity contribution is 14.0. The Morgan fingerprint density at radius 2 is 1.62 bits per heavy atom. The fraction of sp³-hybridized carbons (Fsp3) is 0.333. The number of rotatable bonds is 7. The summed E-state index contributed by atoms with van der Waals surface area (Å²) in [5.41, 5.74) is 3.65. The smallest absolute Gasteiger partial charge is 0.250 e. The number of benzene rings is 2. The maximum Gasteiger partial charge on any atom is 0.250 e. The van der Waals surface area contributed by atoms with Crippen molar-refractivity contribution in [3.63, 3.8) is 0 Å². The van der Waals surface area contributed by atoms with Crippen LogP contribution in [0.25, 0.3) is 0 Å². The van der Waals surface area contributed by atoms with Gasteiger partial charge in [0.15, 0.2) is 5.96 Å². The molecule has 7 heteroatoms. The molecule has 1 aromatic heterocycles. The van der Waals surface area contributed by atoms with E-state index < -0.39 is 0 Å². The summed E-state index contributed by atoms with van der Waals surface area (Å²) in [5.74, 6) is 0.827. The van der Waals surface area contributed by atoms with Crippen molar-refractivity contribution in [2.75, 3.05) is 13.6 Å². The molecule has 6 nitrogen and oxygen atoms in total. The topological polar surface area (TPSA) is 61.7 Å². The molecule has 180 valence electrons. The Bertz CT molecular complexity index is 1110. The fourth-order valence-corrected chi connectivity index (χ4v) is 4.37. The lowest BCUT2D eigenvalue weighted by Crippen LogP contribution is -2.44. The number of guanidine groups is 1. The van der Waals surface area contributed by atoms with E-state index in [1.165, 1.54) is 11.1 Å². The van der Waals surface area contributed by atoms with Gasteiger partial charge in [0.2, 0.25) is 0 Å². The van der Waals surface area contributed by atoms with Crippen molar-refractivity contribution in [3.8, 4) is 0 Å². The lowest BCUT2D eigenvalue weighted by molar-refractivity contribution is 0.258. The van der Waals surface area contributed by atoms with Crippen LogP contribution in [-0.4, -0.2) is 41.1 Å². The van der Waals surface area contributed by atoms with Crippen LogP contribution < -0.4 is 16.2 Å². The third-order valence-corrected chi connectivity index (χ3v) is 6.23. The first-order valence-corrected chi connectivity index (χ1v) is 11.6. The molecule has 1 aliphatic rings. The van der Waals surface area contributed by atoms with Gasteiger partial charge in [0.05, 0.1) is 6.54 Å². The van der Waals surface area contributed by atoms with Gasteiger partial charge in [-0.3, -0.25) is 14.7 Å². The minimum absolute atomic E-state index is 0. The van der Waals surface area contributed by atoms with Crippen molar-refractivity contribution in [2.24, 2.45) is 4.99 Å². The van der Waals surface area contributed by atoms with Gasteiger partial charge in [0.25, 0.3) is 5.56 Å². The average molecular weight is 572 g/mol. The van der Waals surface area contributed by atoms with Gasteiger partial charge in [-0.1, -0.05) is 60.7 Å². The van der Waals surface area contributed by atoms with Crippen molar-refractivity contribution < 1.29 is 0 Å². The quantitative estimate of drug-likeness (QED) is 0.257. The largest absolute Gasteiger partial charge is 0.352 e. The third kappa shape index (κ3) is 7.17. The Morgan fingerprint density at radius 3 is 2.32 bits per heavy atom. The molecule has 2 unspecified atom stereocenters. The zero-order valence-electron chi connectivity index (χ0n) is 19.9. The second-order valence-corrected chi connectivity index (χ2v) is 8.75. The van der Waals surface area contributed by atoms with E-state index in [9.17, 15) is 4.79 Å². The monoisotopic (exact) mass is 571 g/mol. The summed E-state index contributed by atoms with van der Waals surface area (Å²) >= 11 is 0. The van der Waals surface area contributed by atoms with Crippen molar-refractivity contribution in [1.82, 2.24) is 20.1 Å². The number of nitrogens with zero attached hydrogens (tertiary/aromatic N) is 3. The van der Waals surface area contributed by atoms with E-state index in [4.69, 9.17) is 0 Å². The Labute approximate surface area is 219 Å². The summed E-state index contributed by atoms with van der Waals surface area (Å²) in [6.07, 6.45) is 2.92. The second-order valence-electron chi connectivity index (χ2n) is 8.75. The van der Waals surface area contributed by atoms with Gasteiger partial charge in [-0.25, -0.2) is 0 Å². The summed E-state index contributed by atoms with van der Waals surface area (Å²) in [6.45, 7) is 5.56. The van der Waals surface area contributed by atoms with Crippen LogP contribution in [0.2, 0.25) is 0 Å². The first-order valence-electron chi connectivity index (χ1n) is 11.6. The molecule has 0 bridgehead atoms. The highest BCUT2D eigenvalue weighted by Crippen LogP contribution is 2.20. The van der Waals surface area contributed by atoms with Gasteiger partial charge in [-0.05, 0) is 36.1 Å². The number of aromatic nitrogens is 1. The van der Waals surface area contributed by atoms with Crippen LogP contribution in [0, 0.1) is 0 Å². The van der Waals surface area contributed by atoms with Crippen LogP contribution >= 0.6 is 24.0 Å². The van der Waals surface area contributed by atoms with Gasteiger partial charge in [-0.2, -0.15) is 0 Å². The molecule has 1 saturated heterocycles. The predicted molar refractivity (Wildman–Crippen MR) is 150 cm³/mol. The summed E-state index contributed by atoms with van der Waals surface area (Å²) in [6, 6.07) is 25.1. The van der Waals surface area contributed by atoms with E-state index in [1.54, 1.807) is 16.7 Å². The minimum Gasteiger partial charge on any atom is -0.352 e. The molecule has 1 aliphatic heterocycles. The molecule has 0 spiro atoms. The molecular weight excluding hydrogens is 537 g/mol. The molecule has 0 amide bonds. The number of likely N-dealkylation sites (tertiary alicyclic amines) is 1. The summed E-state index contributed by atoms with van der Waals surface area (Å²) in [7, 11) is 1.82. The van der Waals surface area contributed by atoms with Gasteiger partial charge in [0, 0.05) is 51.0 Å². The van der Waals surface area contributed by atoms with E-state index in [1.807, 2.05) is 19.3 Å². The third-order valence-electron chi connectivity index (χ3n) is 6.23. The first-order chi connectivity index (χ1) is 16.1. The first kappa shape index (κ1) is 26.0. The Balaban J connectivity index is 0.00000324. The SMILES string of the molecule is CN=C(NCc1ccc(Cn2ccccc2=O)cc1)NC1CC(C)N(Cc2ccccc2)C1.I. The van der Waals surface area contributed by atoms with Gasteiger partial charge < -0.3 is 15.2 Å². The molecule has 4 rings (SSSR count). The fourth-order valence-electron chi connectivity index (χ4n) is 4.37. The van der Waals surface area contributed by atoms with Crippen LogP contribution in [0.1, 0.15) is 30.0 Å². The molecule has 34 heavy (non-hydrogen) atoms. The highest BCUT2D eigenvalue weighted by Gasteiger charge is 2.29. The van der Waals surface area contributed by atoms with Crippen molar-refractivity contribution in [2.45, 2.75) is 45.1 Å². The highest BCUT2D eigenvalue weighted by atomic mass is 127. The lowest BCUT2D eigenvalue weighted by atomic mass is 10.1. The zero-order chi connectivity index (χ0) is 23.0. The zero-order valence-corrected chi connectivity index (χ0v) is 22.2. The molecular formula is C27H34IN5O. The normalized spacial score (nSPS) is 18.4. The number of hydrogen-bond donors (Lipinski definition) is 2. The van der Waals surface area contributed by atoms with E-state index in [2.05, 4.69) is 82.0 Å². The maximum absolute atomic E-state index is 11.9. The molecule has 2 heterocycles. The standard InChI is InChI=1S/C27H33N5O.HI/c1-21-16-25(20-32(21)19-23-8-4-3-5-9-23)30-27(28-2)29-17-22-11-13-24(14-12-22)18-31-15-7-6-10-26(31)33;/h3-15,21,25H,16-20H2,1-2H3,(H2,28,29,30);1H. The summed E-state index contributed by atoms with van der Waals surface area (Å²) < 4.78 is 1.71. The molecule has 0 aliphatic carbocycles. The van der Waals surface area contributed by atoms with Crippen LogP contribution in [0.4, 0.5) is 0 Å². The Kier molecular flexibility index (Phi) is 9.71. The molecule has 3 aromatic rings. The Hall–Kier alpha value is -2.65. The van der Waals surface area contributed by atoms with Crippen LogP contribution in [0.5, 0.6) is 0 Å². The van der Waals surface area contributed by atoms with Gasteiger partial charge in [-0.15, -0.1) is 24.0 Å². The van der Waals surface area contributed by atoms with Crippen molar-refractivity contribution >= 4 is 29.9 Å². The number of aliphatic imine (C=N–C) groups is 1. The molecule has 1 fully saturated rings. The van der Waals surface area contributed by atoms with E-state index in [0.29, 0.717) is 25.2 Å². The summed E-state index contributed by atoms with van der Waals surface area (Å²) in [4.78, 5) is 18.9. The molecule has 2 aromatic carbocycles. The number of halogens is 1. The lowest BCUT2D eigenvalue weighted by Gasteiger charge is -2.21. The Morgan fingerprint density at radius 1 is 0.941 bits per heavy atom. The van der Waals surface area contributed by atoms with E-state index >= 15 is 0 Å². The van der Waals surface area contributed by atoms with Crippen LogP contribution in [0.3, 0.4) is 0 Å². The van der Waals surface area contributed by atoms with Crippen LogP contribution in [0.15, 0.2) is 88.8 Å². The van der Waals surface area contributed by atoms with Crippen LogP contribution in [-0.2, 0) is 19.6 Å². The maximum atomic E-state index is 11.9. The van der Waals surface area contributed by atoms with Crippen molar-refractivity contribution in [1.29, 1.82) is 0 Å². The second kappa shape index (κ2) is 12.7. The average Bonchev–Trinajstić information content (AvgIpc) is 3.18. The molecule has 0 radical (unpaired) electrons. The van der Waals surface area contributed by atoms with Crippen molar-refractivity contribution in [3.05, 3.63) is 106 Å². The van der Waals surface area contributed by atoms with Gasteiger partial charge >= 0.3 is 0 Å². The van der Waals surface area contributed by atoms with Gasteiger partial charge in [0.1, 0.15) is 0 Å². The predicted octanol–water partition coefficient (Wildman–Crippen LogP) is 3.84. The molecule has 0 saturated carbocycles. The number of hydrogen-bond acceptors (Lipinski definition) is 3. The van der Waals surface area contributed by atoms with E-state index in [0.717, 1.165) is 31.0 Å². The number of pyridine rings is 1. The van der Waals surface area contributed by atoms with E-state index in [-0.39, 0.29) is 29.5 Å². The molecule has 2 atom stereocenters. The molecule has 2 N–H and O–H groups in total. The minimum atomic E-state index is 0. The number of nitrogens with one attached hydrogen (secondary N) is 2.